The van der Waals surface area contributed by atoms with E-state index in [1.54, 1.807) is 30.3 Å². The summed E-state index contributed by atoms with van der Waals surface area (Å²) in [6, 6.07) is 5.11. The predicted octanol–water partition coefficient (Wildman–Crippen LogP) is 1.64. The first-order chi connectivity index (χ1) is 12.4. The standard InChI is InChI=1S/C19H33N5OS/c1-14(2)24-12-15(3)17(13-24)22-19(21-11-18(25)23(4)5)20-9-8-16-7-6-10-26-16/h6-7,10,14-15,17H,8-9,11-13H2,1-5H3,(H2,20,21,22). The number of nitrogens with one attached hydrogen (secondary N) is 2. The summed E-state index contributed by atoms with van der Waals surface area (Å²) in [5.74, 6) is 1.29. The Kier molecular flexibility index (Phi) is 7.90. The number of carbonyl (C=O) groups is 1. The molecule has 26 heavy (non-hydrogen) atoms. The highest BCUT2D eigenvalue weighted by Crippen LogP contribution is 2.18. The fourth-order valence-electron chi connectivity index (χ4n) is 2.99. The monoisotopic (exact) mass is 379 g/mol. The van der Waals surface area contributed by atoms with E-state index in [0.29, 0.717) is 18.0 Å². The first-order valence-corrected chi connectivity index (χ1v) is 10.3. The molecule has 146 valence electrons. The lowest BCUT2D eigenvalue weighted by Gasteiger charge is -2.22. The molecule has 6 nitrogen and oxygen atoms in total. The van der Waals surface area contributed by atoms with Crippen molar-refractivity contribution in [3.05, 3.63) is 22.4 Å². The van der Waals surface area contributed by atoms with E-state index in [2.05, 4.69) is 58.8 Å². The second-order valence-electron chi connectivity index (χ2n) is 7.48. The molecule has 2 heterocycles. The van der Waals surface area contributed by atoms with Crippen molar-refractivity contribution in [1.29, 1.82) is 0 Å². The van der Waals surface area contributed by atoms with Crippen LogP contribution in [0.25, 0.3) is 0 Å². The molecule has 1 fully saturated rings. The highest BCUT2D eigenvalue weighted by molar-refractivity contribution is 7.09. The van der Waals surface area contributed by atoms with E-state index < -0.39 is 0 Å². The molecule has 2 N–H and O–H groups in total. The maximum Gasteiger partial charge on any atom is 0.243 e. The number of amides is 1. The molecule has 1 saturated heterocycles. The Balaban J connectivity index is 1.95. The van der Waals surface area contributed by atoms with Gasteiger partial charge in [-0.2, -0.15) is 0 Å². The maximum absolute atomic E-state index is 11.9. The summed E-state index contributed by atoms with van der Waals surface area (Å²) in [7, 11) is 3.52. The zero-order chi connectivity index (χ0) is 19.1. The molecule has 0 radical (unpaired) electrons. The van der Waals surface area contributed by atoms with Gasteiger partial charge in [0.05, 0.1) is 0 Å². The molecule has 1 aromatic heterocycles. The fourth-order valence-corrected chi connectivity index (χ4v) is 3.70. The van der Waals surface area contributed by atoms with E-state index in [4.69, 9.17) is 0 Å². The number of guanidine groups is 1. The zero-order valence-corrected chi connectivity index (χ0v) is 17.5. The molecular formula is C19H33N5OS. The molecule has 2 atom stereocenters. The normalized spacial score (nSPS) is 21.2. The van der Waals surface area contributed by atoms with Crippen LogP contribution in [0.5, 0.6) is 0 Å². The Morgan fingerprint density at radius 1 is 1.42 bits per heavy atom. The van der Waals surface area contributed by atoms with E-state index in [-0.39, 0.29) is 12.5 Å². The van der Waals surface area contributed by atoms with Gasteiger partial charge in [-0.25, -0.2) is 4.99 Å². The van der Waals surface area contributed by atoms with E-state index in [1.165, 1.54) is 4.88 Å². The zero-order valence-electron chi connectivity index (χ0n) is 16.7. The Hall–Kier alpha value is -1.60. The maximum atomic E-state index is 11.9. The average molecular weight is 380 g/mol. The molecule has 0 aliphatic carbocycles. The number of aliphatic imine (C=N–C) groups is 1. The molecule has 2 unspecified atom stereocenters. The minimum atomic E-state index is 0.00707. The SMILES string of the molecule is CC1CN(C(C)C)CC1NC(=NCC(=O)N(C)C)NCCc1cccs1. The van der Waals surface area contributed by atoms with Crippen molar-refractivity contribution in [1.82, 2.24) is 20.4 Å². The van der Waals surface area contributed by atoms with E-state index >= 15 is 0 Å². The summed E-state index contributed by atoms with van der Waals surface area (Å²) in [5, 5.41) is 9.05. The molecule has 1 aromatic rings. The van der Waals surface area contributed by atoms with Gasteiger partial charge in [0.2, 0.25) is 5.91 Å². The van der Waals surface area contributed by atoms with Gasteiger partial charge in [-0.05, 0) is 37.6 Å². The fraction of sp³-hybridized carbons (Fsp3) is 0.684. The molecule has 0 spiro atoms. The van der Waals surface area contributed by atoms with E-state index in [9.17, 15) is 4.79 Å². The number of likely N-dealkylation sites (tertiary alicyclic amines) is 1. The van der Waals surface area contributed by atoms with E-state index in [0.717, 1.165) is 32.0 Å². The first kappa shape index (κ1) is 20.7. The van der Waals surface area contributed by atoms with Crippen molar-refractivity contribution in [2.75, 3.05) is 40.3 Å². The average Bonchev–Trinajstić information content (AvgIpc) is 3.22. The van der Waals surface area contributed by atoms with Crippen LogP contribution in [0.2, 0.25) is 0 Å². The number of carbonyl (C=O) groups excluding carboxylic acids is 1. The van der Waals surface area contributed by atoms with Crippen LogP contribution in [-0.4, -0.2) is 74.0 Å². The second kappa shape index (κ2) is 9.92. The van der Waals surface area contributed by atoms with Crippen molar-refractivity contribution < 1.29 is 4.79 Å². The van der Waals surface area contributed by atoms with Crippen molar-refractivity contribution in [2.24, 2.45) is 10.9 Å². The highest BCUT2D eigenvalue weighted by Gasteiger charge is 2.31. The number of thiophene rings is 1. The molecule has 1 aliphatic rings. The lowest BCUT2D eigenvalue weighted by molar-refractivity contribution is -0.127. The Morgan fingerprint density at radius 2 is 2.19 bits per heavy atom. The third kappa shape index (κ3) is 6.29. The Morgan fingerprint density at radius 3 is 2.77 bits per heavy atom. The van der Waals surface area contributed by atoms with Crippen LogP contribution in [0.1, 0.15) is 25.6 Å². The van der Waals surface area contributed by atoms with Gasteiger partial charge in [0.1, 0.15) is 6.54 Å². The van der Waals surface area contributed by atoms with Crippen LogP contribution >= 0.6 is 11.3 Å². The molecule has 2 rings (SSSR count). The summed E-state index contributed by atoms with van der Waals surface area (Å²) < 4.78 is 0. The quantitative estimate of drug-likeness (QED) is 0.559. The summed E-state index contributed by atoms with van der Waals surface area (Å²) in [5.41, 5.74) is 0. The summed E-state index contributed by atoms with van der Waals surface area (Å²) in [6.45, 7) is 9.81. The Labute approximate surface area is 161 Å². The third-order valence-electron chi connectivity index (χ3n) is 4.81. The van der Waals surface area contributed by atoms with Gasteiger partial charge in [-0.15, -0.1) is 11.3 Å². The molecular weight excluding hydrogens is 346 g/mol. The van der Waals surface area contributed by atoms with Crippen LogP contribution in [-0.2, 0) is 11.2 Å². The van der Waals surface area contributed by atoms with E-state index in [1.807, 2.05) is 0 Å². The number of hydrogen-bond donors (Lipinski definition) is 2. The number of nitrogens with zero attached hydrogens (tertiary/aromatic N) is 3. The van der Waals surface area contributed by atoms with Crippen molar-refractivity contribution in [3.8, 4) is 0 Å². The van der Waals surface area contributed by atoms with Crippen LogP contribution in [0.3, 0.4) is 0 Å². The summed E-state index contributed by atoms with van der Waals surface area (Å²) >= 11 is 1.77. The van der Waals surface area contributed by atoms with Gasteiger partial charge in [-0.3, -0.25) is 9.69 Å². The molecule has 0 aromatic carbocycles. The van der Waals surface area contributed by atoms with Gasteiger partial charge in [0.15, 0.2) is 5.96 Å². The minimum absolute atomic E-state index is 0.00707. The summed E-state index contributed by atoms with van der Waals surface area (Å²) in [4.78, 5) is 21.8. The van der Waals surface area contributed by atoms with Gasteiger partial charge in [0, 0.05) is 50.7 Å². The third-order valence-corrected chi connectivity index (χ3v) is 5.74. The first-order valence-electron chi connectivity index (χ1n) is 9.38. The molecule has 0 bridgehead atoms. The van der Waals surface area contributed by atoms with Gasteiger partial charge >= 0.3 is 0 Å². The van der Waals surface area contributed by atoms with Gasteiger partial charge in [-0.1, -0.05) is 13.0 Å². The predicted molar refractivity (Wildman–Crippen MR) is 110 cm³/mol. The smallest absolute Gasteiger partial charge is 0.243 e. The van der Waals surface area contributed by atoms with Crippen LogP contribution in [0.15, 0.2) is 22.5 Å². The van der Waals surface area contributed by atoms with Crippen LogP contribution in [0.4, 0.5) is 0 Å². The Bertz CT molecular complexity index is 585. The van der Waals surface area contributed by atoms with Crippen LogP contribution in [0, 0.1) is 5.92 Å². The van der Waals surface area contributed by atoms with Crippen molar-refractivity contribution in [2.45, 2.75) is 39.3 Å². The molecule has 7 heteroatoms. The highest BCUT2D eigenvalue weighted by atomic mass is 32.1. The van der Waals surface area contributed by atoms with Crippen LogP contribution < -0.4 is 10.6 Å². The number of hydrogen-bond acceptors (Lipinski definition) is 4. The molecule has 1 amide bonds. The largest absolute Gasteiger partial charge is 0.356 e. The lowest BCUT2D eigenvalue weighted by Crippen LogP contribution is -2.47. The van der Waals surface area contributed by atoms with Crippen molar-refractivity contribution >= 4 is 23.2 Å². The van der Waals surface area contributed by atoms with Crippen molar-refractivity contribution in [3.63, 3.8) is 0 Å². The second-order valence-corrected chi connectivity index (χ2v) is 8.52. The lowest BCUT2D eigenvalue weighted by atomic mass is 10.1. The number of likely N-dealkylation sites (N-methyl/N-ethyl adjacent to an activating group) is 1. The summed E-state index contributed by atoms with van der Waals surface area (Å²) in [6.07, 6.45) is 0.957. The van der Waals surface area contributed by atoms with Gasteiger partial charge in [0.25, 0.3) is 0 Å². The number of rotatable bonds is 7. The molecule has 1 aliphatic heterocycles. The van der Waals surface area contributed by atoms with Gasteiger partial charge < -0.3 is 15.5 Å². The minimum Gasteiger partial charge on any atom is -0.356 e. The topological polar surface area (TPSA) is 60.0 Å². The molecule has 0 saturated carbocycles.